The highest BCUT2D eigenvalue weighted by Gasteiger charge is 2.22. The lowest BCUT2D eigenvalue weighted by atomic mass is 9.96. The second kappa shape index (κ2) is 15.2. The number of hydrogen-bond acceptors (Lipinski definition) is 5. The van der Waals surface area contributed by atoms with E-state index in [1.807, 2.05) is 12.1 Å². The van der Waals surface area contributed by atoms with E-state index in [0.29, 0.717) is 23.1 Å². The van der Waals surface area contributed by atoms with Crippen molar-refractivity contribution in [3.05, 3.63) is 224 Å². The maximum atomic E-state index is 6.97. The summed E-state index contributed by atoms with van der Waals surface area (Å²) in [5.41, 5.74) is 12.5. The van der Waals surface area contributed by atoms with E-state index in [4.69, 9.17) is 24.4 Å². The van der Waals surface area contributed by atoms with Crippen LogP contribution in [0.3, 0.4) is 0 Å². The Labute approximate surface area is 390 Å². The molecule has 68 heavy (non-hydrogen) atoms. The molecule has 316 valence electrons. The highest BCUT2D eigenvalue weighted by Crippen LogP contribution is 2.44. The van der Waals surface area contributed by atoms with Crippen LogP contribution >= 0.6 is 0 Å². The molecule has 0 amide bonds. The standard InChI is InChI=1S/C62H37N5O/c1-3-16-39(17-4-1)58-48-32-34-55-57(56(48)47-24-9-11-27-52(47)63-58)49-25-14-26-50(59(49)68-55)62-65-60(43-20-13-19-41(36-43)42-30-29-38-15-7-8-18-40(38)35-42)64-61(66-62)44-31-33-54-51(37-44)46-23-10-12-28-53(46)67(54)45-21-5-2-6-22-45/h1-37H. The molecule has 0 N–H and O–H groups in total. The number of para-hydroxylation sites is 4. The molecular weight excluding hydrogens is 831 g/mol. The number of aromatic nitrogens is 5. The van der Waals surface area contributed by atoms with Crippen LogP contribution in [0.25, 0.3) is 138 Å². The Kier molecular flexibility index (Phi) is 8.48. The predicted molar refractivity (Wildman–Crippen MR) is 279 cm³/mol. The summed E-state index contributed by atoms with van der Waals surface area (Å²) in [7, 11) is 0. The summed E-state index contributed by atoms with van der Waals surface area (Å²) in [6.07, 6.45) is 0. The zero-order valence-electron chi connectivity index (χ0n) is 36.5. The highest BCUT2D eigenvalue weighted by atomic mass is 16.3. The third-order valence-electron chi connectivity index (χ3n) is 13.4. The Hall–Kier alpha value is -9.26. The minimum atomic E-state index is 0.526. The van der Waals surface area contributed by atoms with Gasteiger partial charge in [-0.1, -0.05) is 152 Å². The first-order chi connectivity index (χ1) is 33.7. The van der Waals surface area contributed by atoms with Gasteiger partial charge in [0, 0.05) is 60.1 Å². The molecular formula is C62H37N5O. The molecule has 6 heteroatoms. The van der Waals surface area contributed by atoms with Crippen molar-refractivity contribution in [1.82, 2.24) is 24.5 Å². The van der Waals surface area contributed by atoms with E-state index in [1.165, 1.54) is 10.8 Å². The predicted octanol–water partition coefficient (Wildman–Crippen LogP) is 16.1. The largest absolute Gasteiger partial charge is 0.455 e. The maximum Gasteiger partial charge on any atom is 0.167 e. The first-order valence-electron chi connectivity index (χ1n) is 22.9. The summed E-state index contributed by atoms with van der Waals surface area (Å²) in [5, 5.41) is 9.93. The van der Waals surface area contributed by atoms with Crippen LogP contribution in [0, 0.1) is 0 Å². The minimum Gasteiger partial charge on any atom is -0.455 e. The zero-order valence-corrected chi connectivity index (χ0v) is 36.5. The van der Waals surface area contributed by atoms with Gasteiger partial charge in [-0.2, -0.15) is 0 Å². The molecule has 0 spiro atoms. The molecule has 0 aliphatic heterocycles. The van der Waals surface area contributed by atoms with Crippen molar-refractivity contribution in [2.75, 3.05) is 0 Å². The van der Waals surface area contributed by atoms with Crippen molar-refractivity contribution >= 4 is 76.2 Å². The molecule has 0 atom stereocenters. The molecule has 0 aliphatic rings. The van der Waals surface area contributed by atoms with Gasteiger partial charge >= 0.3 is 0 Å². The number of nitrogens with zero attached hydrogens (tertiary/aromatic N) is 5. The van der Waals surface area contributed by atoms with Crippen molar-refractivity contribution in [2.24, 2.45) is 0 Å². The van der Waals surface area contributed by atoms with E-state index in [0.717, 1.165) is 105 Å². The van der Waals surface area contributed by atoms with Crippen LogP contribution in [0.4, 0.5) is 0 Å². The van der Waals surface area contributed by atoms with Crippen LogP contribution in [0.15, 0.2) is 229 Å². The molecule has 0 saturated carbocycles. The van der Waals surface area contributed by atoms with Gasteiger partial charge in [0.2, 0.25) is 0 Å². The summed E-state index contributed by atoms with van der Waals surface area (Å²) in [6.45, 7) is 0. The lowest BCUT2D eigenvalue weighted by molar-refractivity contribution is 0.670. The Morgan fingerprint density at radius 3 is 1.84 bits per heavy atom. The van der Waals surface area contributed by atoms with E-state index < -0.39 is 0 Å². The monoisotopic (exact) mass is 867 g/mol. The van der Waals surface area contributed by atoms with Gasteiger partial charge < -0.3 is 8.98 Å². The van der Waals surface area contributed by atoms with Gasteiger partial charge in [-0.05, 0) is 94.7 Å². The summed E-state index contributed by atoms with van der Waals surface area (Å²) in [4.78, 5) is 21.2. The average molecular weight is 868 g/mol. The van der Waals surface area contributed by atoms with Crippen molar-refractivity contribution < 1.29 is 4.42 Å². The number of fused-ring (bicyclic) bond motifs is 11. The first-order valence-corrected chi connectivity index (χ1v) is 22.9. The Morgan fingerprint density at radius 2 is 0.971 bits per heavy atom. The molecule has 10 aromatic carbocycles. The second-order valence-electron chi connectivity index (χ2n) is 17.4. The third-order valence-corrected chi connectivity index (χ3v) is 13.4. The van der Waals surface area contributed by atoms with Crippen LogP contribution < -0.4 is 0 Å². The average Bonchev–Trinajstić information content (AvgIpc) is 3.97. The Balaban J connectivity index is 1.00. The molecule has 0 radical (unpaired) electrons. The molecule has 14 aromatic rings. The van der Waals surface area contributed by atoms with E-state index in [-0.39, 0.29) is 0 Å². The van der Waals surface area contributed by atoms with Gasteiger partial charge in [0.25, 0.3) is 0 Å². The quantitative estimate of drug-likeness (QED) is 0.156. The summed E-state index contributed by atoms with van der Waals surface area (Å²) >= 11 is 0. The molecule has 4 heterocycles. The van der Waals surface area contributed by atoms with Gasteiger partial charge in [-0.3, -0.25) is 0 Å². The van der Waals surface area contributed by atoms with Gasteiger partial charge in [-0.15, -0.1) is 0 Å². The zero-order chi connectivity index (χ0) is 44.7. The lowest BCUT2D eigenvalue weighted by Crippen LogP contribution is -2.00. The van der Waals surface area contributed by atoms with Crippen LogP contribution in [0.2, 0.25) is 0 Å². The SMILES string of the molecule is c1ccc(-c2nc3ccccc3c3c2ccc2oc4c(-c5nc(-c6cccc(-c7ccc8ccccc8c7)c6)nc(-c6ccc7c(c6)c6ccccc6n7-c6ccccc6)n5)cccc4c23)cc1. The molecule has 6 nitrogen and oxygen atoms in total. The minimum absolute atomic E-state index is 0.526. The van der Waals surface area contributed by atoms with Crippen LogP contribution in [0.1, 0.15) is 0 Å². The molecule has 0 saturated heterocycles. The lowest BCUT2D eigenvalue weighted by Gasteiger charge is -2.11. The normalized spacial score (nSPS) is 11.8. The van der Waals surface area contributed by atoms with Crippen molar-refractivity contribution in [3.63, 3.8) is 0 Å². The molecule has 0 unspecified atom stereocenters. The fourth-order valence-corrected chi connectivity index (χ4v) is 10.3. The van der Waals surface area contributed by atoms with Crippen LogP contribution in [-0.4, -0.2) is 24.5 Å². The number of furan rings is 1. The fraction of sp³-hybridized carbons (Fsp3) is 0. The maximum absolute atomic E-state index is 6.97. The Morgan fingerprint density at radius 1 is 0.338 bits per heavy atom. The third kappa shape index (κ3) is 6.05. The van der Waals surface area contributed by atoms with E-state index in [2.05, 4.69) is 217 Å². The second-order valence-corrected chi connectivity index (χ2v) is 17.4. The number of rotatable bonds is 6. The molecule has 14 rings (SSSR count). The van der Waals surface area contributed by atoms with E-state index >= 15 is 0 Å². The van der Waals surface area contributed by atoms with Crippen LogP contribution in [0.5, 0.6) is 0 Å². The van der Waals surface area contributed by atoms with Gasteiger partial charge in [0.15, 0.2) is 17.5 Å². The fourth-order valence-electron chi connectivity index (χ4n) is 10.3. The van der Waals surface area contributed by atoms with Gasteiger partial charge in [0.1, 0.15) is 11.2 Å². The number of hydrogen-bond donors (Lipinski definition) is 0. The van der Waals surface area contributed by atoms with Crippen molar-refractivity contribution in [1.29, 1.82) is 0 Å². The van der Waals surface area contributed by atoms with Crippen molar-refractivity contribution in [2.45, 2.75) is 0 Å². The van der Waals surface area contributed by atoms with Crippen LogP contribution in [-0.2, 0) is 0 Å². The summed E-state index contributed by atoms with van der Waals surface area (Å²) in [6, 6.07) is 78.5. The molecule has 0 aliphatic carbocycles. The highest BCUT2D eigenvalue weighted by molar-refractivity contribution is 6.29. The topological polar surface area (TPSA) is 69.6 Å². The Bertz CT molecular complexity index is 4330. The van der Waals surface area contributed by atoms with E-state index in [9.17, 15) is 0 Å². The van der Waals surface area contributed by atoms with E-state index in [1.54, 1.807) is 0 Å². The number of pyridine rings is 1. The molecule has 0 fully saturated rings. The number of benzene rings is 10. The first kappa shape index (κ1) is 38.1. The van der Waals surface area contributed by atoms with Gasteiger partial charge in [-0.25, -0.2) is 19.9 Å². The molecule has 4 aromatic heterocycles. The summed E-state index contributed by atoms with van der Waals surface area (Å²) < 4.78 is 9.30. The van der Waals surface area contributed by atoms with Crippen molar-refractivity contribution in [3.8, 4) is 62.2 Å². The molecule has 0 bridgehead atoms. The smallest absolute Gasteiger partial charge is 0.167 e. The van der Waals surface area contributed by atoms with Gasteiger partial charge in [0.05, 0.1) is 27.8 Å². The summed E-state index contributed by atoms with van der Waals surface area (Å²) in [5.74, 6) is 1.67.